The summed E-state index contributed by atoms with van der Waals surface area (Å²) in [5, 5.41) is 5.43. The summed E-state index contributed by atoms with van der Waals surface area (Å²) in [7, 11) is 0. The number of carbonyl (C=O) groups excluding carboxylic acids is 1. The maximum absolute atomic E-state index is 13.1. The SMILES string of the molecule is Cc1sc(NC(=O)Cn2cnc3sccc3c2=O)nc1-c1ccc(F)cc1. The van der Waals surface area contributed by atoms with Crippen LogP contribution < -0.4 is 10.9 Å². The first-order valence-corrected chi connectivity index (χ1v) is 9.67. The summed E-state index contributed by atoms with van der Waals surface area (Å²) in [5.74, 6) is -0.685. The van der Waals surface area contributed by atoms with Crippen molar-refractivity contribution in [3.63, 3.8) is 0 Å². The van der Waals surface area contributed by atoms with E-state index in [1.54, 1.807) is 23.6 Å². The lowest BCUT2D eigenvalue weighted by atomic mass is 10.1. The van der Waals surface area contributed by atoms with Crippen molar-refractivity contribution in [3.05, 3.63) is 63.1 Å². The van der Waals surface area contributed by atoms with Crippen LogP contribution in [0.1, 0.15) is 4.88 Å². The van der Waals surface area contributed by atoms with E-state index in [-0.39, 0.29) is 23.8 Å². The molecule has 0 aliphatic carbocycles. The zero-order valence-corrected chi connectivity index (χ0v) is 15.7. The lowest BCUT2D eigenvalue weighted by molar-refractivity contribution is -0.116. The summed E-state index contributed by atoms with van der Waals surface area (Å²) in [6, 6.07) is 7.72. The lowest BCUT2D eigenvalue weighted by Crippen LogP contribution is -2.27. The van der Waals surface area contributed by atoms with Gasteiger partial charge in [0.15, 0.2) is 5.13 Å². The first kappa shape index (κ1) is 17.5. The number of hydrogen-bond acceptors (Lipinski definition) is 6. The fourth-order valence-electron chi connectivity index (χ4n) is 2.64. The van der Waals surface area contributed by atoms with Gasteiger partial charge in [0.25, 0.3) is 5.56 Å². The zero-order valence-electron chi connectivity index (χ0n) is 14.1. The van der Waals surface area contributed by atoms with Crippen LogP contribution in [-0.4, -0.2) is 20.4 Å². The van der Waals surface area contributed by atoms with Crippen LogP contribution in [0.3, 0.4) is 0 Å². The number of amides is 1. The second-order valence-corrected chi connectivity index (χ2v) is 7.89. The van der Waals surface area contributed by atoms with Gasteiger partial charge >= 0.3 is 0 Å². The molecule has 27 heavy (non-hydrogen) atoms. The Morgan fingerprint density at radius 1 is 1.26 bits per heavy atom. The van der Waals surface area contributed by atoms with Crippen LogP contribution in [0.2, 0.25) is 0 Å². The van der Waals surface area contributed by atoms with Gasteiger partial charge in [0.1, 0.15) is 17.2 Å². The average Bonchev–Trinajstić information content (AvgIpc) is 3.25. The Balaban J connectivity index is 1.52. The monoisotopic (exact) mass is 400 g/mol. The van der Waals surface area contributed by atoms with E-state index in [1.165, 1.54) is 45.7 Å². The number of anilines is 1. The highest BCUT2D eigenvalue weighted by atomic mass is 32.1. The second-order valence-electron chi connectivity index (χ2n) is 5.80. The van der Waals surface area contributed by atoms with E-state index in [4.69, 9.17) is 0 Å². The maximum atomic E-state index is 13.1. The van der Waals surface area contributed by atoms with E-state index >= 15 is 0 Å². The number of thiophene rings is 1. The molecule has 0 radical (unpaired) electrons. The highest BCUT2D eigenvalue weighted by Crippen LogP contribution is 2.30. The van der Waals surface area contributed by atoms with Crippen LogP contribution >= 0.6 is 22.7 Å². The number of halogens is 1. The Bertz CT molecular complexity index is 1190. The summed E-state index contributed by atoms with van der Waals surface area (Å²) in [5.41, 5.74) is 1.21. The third kappa shape index (κ3) is 3.51. The predicted octanol–water partition coefficient (Wildman–Crippen LogP) is 3.67. The molecular formula is C18H13FN4O2S2. The summed E-state index contributed by atoms with van der Waals surface area (Å²) < 4.78 is 14.4. The fourth-order valence-corrected chi connectivity index (χ4v) is 4.22. The number of aromatic nitrogens is 3. The molecule has 0 bridgehead atoms. The molecular weight excluding hydrogens is 387 g/mol. The van der Waals surface area contributed by atoms with E-state index in [0.29, 0.717) is 21.0 Å². The largest absolute Gasteiger partial charge is 0.300 e. The van der Waals surface area contributed by atoms with E-state index < -0.39 is 0 Å². The van der Waals surface area contributed by atoms with Crippen molar-refractivity contribution in [2.45, 2.75) is 13.5 Å². The first-order chi connectivity index (χ1) is 13.0. The highest BCUT2D eigenvalue weighted by molar-refractivity contribution is 7.16. The number of nitrogens with zero attached hydrogens (tertiary/aromatic N) is 3. The predicted molar refractivity (Wildman–Crippen MR) is 105 cm³/mol. The fraction of sp³-hybridized carbons (Fsp3) is 0.111. The van der Waals surface area contributed by atoms with Crippen molar-refractivity contribution < 1.29 is 9.18 Å². The van der Waals surface area contributed by atoms with Crippen LogP contribution in [0, 0.1) is 12.7 Å². The molecule has 9 heteroatoms. The molecule has 0 saturated carbocycles. The molecule has 0 saturated heterocycles. The van der Waals surface area contributed by atoms with Crippen molar-refractivity contribution in [2.75, 3.05) is 5.32 Å². The van der Waals surface area contributed by atoms with Gasteiger partial charge in [0.2, 0.25) is 5.91 Å². The molecule has 0 atom stereocenters. The minimum absolute atomic E-state index is 0.151. The van der Waals surface area contributed by atoms with Gasteiger partial charge in [-0.2, -0.15) is 0 Å². The quantitative estimate of drug-likeness (QED) is 0.567. The van der Waals surface area contributed by atoms with Gasteiger partial charge in [-0.1, -0.05) is 0 Å². The molecule has 1 aromatic carbocycles. The minimum Gasteiger partial charge on any atom is -0.300 e. The summed E-state index contributed by atoms with van der Waals surface area (Å²) in [6.45, 7) is 1.73. The summed E-state index contributed by atoms with van der Waals surface area (Å²) in [6.07, 6.45) is 1.37. The molecule has 6 nitrogen and oxygen atoms in total. The van der Waals surface area contributed by atoms with Gasteiger partial charge in [0, 0.05) is 10.4 Å². The molecule has 136 valence electrons. The first-order valence-electron chi connectivity index (χ1n) is 7.97. The third-order valence-corrected chi connectivity index (χ3v) is 5.63. The normalized spacial score (nSPS) is 11.0. The molecule has 4 rings (SSSR count). The molecule has 0 aliphatic heterocycles. The van der Waals surface area contributed by atoms with Crippen LogP contribution in [0.5, 0.6) is 0 Å². The zero-order chi connectivity index (χ0) is 19.0. The van der Waals surface area contributed by atoms with Crippen molar-refractivity contribution in [1.82, 2.24) is 14.5 Å². The smallest absolute Gasteiger partial charge is 0.262 e. The van der Waals surface area contributed by atoms with E-state index in [1.807, 2.05) is 6.92 Å². The van der Waals surface area contributed by atoms with E-state index in [9.17, 15) is 14.0 Å². The molecule has 3 aromatic heterocycles. The molecule has 4 aromatic rings. The van der Waals surface area contributed by atoms with Gasteiger partial charge in [-0.15, -0.1) is 22.7 Å². The Kier molecular flexibility index (Phi) is 4.54. The van der Waals surface area contributed by atoms with Crippen molar-refractivity contribution in [1.29, 1.82) is 0 Å². The number of thiazole rings is 1. The molecule has 1 amide bonds. The average molecular weight is 400 g/mol. The number of fused-ring (bicyclic) bond motifs is 1. The third-order valence-electron chi connectivity index (χ3n) is 3.92. The number of rotatable bonds is 4. The van der Waals surface area contributed by atoms with E-state index in [0.717, 1.165) is 10.4 Å². The van der Waals surface area contributed by atoms with Gasteiger partial charge < -0.3 is 5.32 Å². The van der Waals surface area contributed by atoms with Crippen molar-refractivity contribution in [3.8, 4) is 11.3 Å². The molecule has 0 fully saturated rings. The molecule has 0 unspecified atom stereocenters. The number of aryl methyl sites for hydroxylation is 1. The number of hydrogen-bond donors (Lipinski definition) is 1. The van der Waals surface area contributed by atoms with E-state index in [2.05, 4.69) is 15.3 Å². The van der Waals surface area contributed by atoms with Crippen molar-refractivity contribution in [2.24, 2.45) is 0 Å². The second kappa shape index (κ2) is 7.01. The molecule has 0 spiro atoms. The summed E-state index contributed by atoms with van der Waals surface area (Å²) in [4.78, 5) is 34.8. The van der Waals surface area contributed by atoms with Gasteiger partial charge in [0.05, 0.1) is 17.4 Å². The van der Waals surface area contributed by atoms with Crippen molar-refractivity contribution >= 4 is 43.9 Å². The van der Waals surface area contributed by atoms with Gasteiger partial charge in [-0.25, -0.2) is 14.4 Å². The lowest BCUT2D eigenvalue weighted by Gasteiger charge is -2.04. The number of nitrogens with one attached hydrogen (secondary N) is 1. The van der Waals surface area contributed by atoms with Crippen LogP contribution in [0.4, 0.5) is 9.52 Å². The minimum atomic E-state index is -0.368. The van der Waals surface area contributed by atoms with Gasteiger partial charge in [-0.05, 0) is 42.6 Å². The Morgan fingerprint density at radius 2 is 2.04 bits per heavy atom. The Hall–Kier alpha value is -2.91. The molecule has 0 aliphatic rings. The van der Waals surface area contributed by atoms with Crippen LogP contribution in [-0.2, 0) is 11.3 Å². The summed E-state index contributed by atoms with van der Waals surface area (Å²) >= 11 is 2.70. The maximum Gasteiger partial charge on any atom is 0.262 e. The van der Waals surface area contributed by atoms with Gasteiger partial charge in [-0.3, -0.25) is 14.2 Å². The standard InChI is InChI=1S/C18H13FN4O2S2/c1-10-15(11-2-4-12(19)5-3-11)22-18(27-10)21-14(24)8-23-9-20-16-13(17(23)25)6-7-26-16/h2-7,9H,8H2,1H3,(H,21,22,24). The Morgan fingerprint density at radius 3 is 2.81 bits per heavy atom. The topological polar surface area (TPSA) is 76.9 Å². The number of carbonyl (C=O) groups is 1. The number of benzene rings is 1. The van der Waals surface area contributed by atoms with Crippen LogP contribution in [0.25, 0.3) is 21.5 Å². The Labute approximate surface area is 161 Å². The molecule has 3 heterocycles. The van der Waals surface area contributed by atoms with Crippen LogP contribution in [0.15, 0.2) is 46.8 Å². The highest BCUT2D eigenvalue weighted by Gasteiger charge is 2.14. The molecule has 1 N–H and O–H groups in total.